The van der Waals surface area contributed by atoms with Gasteiger partial charge in [-0.05, 0) is 32.0 Å². The number of carbonyl (C=O) groups excluding carboxylic acids is 1. The first kappa shape index (κ1) is 24.3. The number of benzene rings is 1. The molecule has 0 bridgehead atoms. The van der Waals surface area contributed by atoms with E-state index < -0.39 is 0 Å². The summed E-state index contributed by atoms with van der Waals surface area (Å²) >= 11 is 0. The summed E-state index contributed by atoms with van der Waals surface area (Å²) < 4.78 is 0. The summed E-state index contributed by atoms with van der Waals surface area (Å²) in [6.45, 7) is 15.9. The fourth-order valence-electron chi connectivity index (χ4n) is 0.959. The minimum atomic E-state index is 0.167. The van der Waals surface area contributed by atoms with Gasteiger partial charge in [0.25, 0.3) is 0 Å². The van der Waals surface area contributed by atoms with Crippen molar-refractivity contribution in [2.24, 2.45) is 5.92 Å². The maximum absolute atomic E-state index is 9.44. The van der Waals surface area contributed by atoms with E-state index in [-0.39, 0.29) is 5.78 Å². The fourth-order valence-corrected chi connectivity index (χ4v) is 1.33. The Labute approximate surface area is 129 Å². The first-order chi connectivity index (χ1) is 9.33. The highest BCUT2D eigenvalue weighted by Crippen LogP contribution is 2.02. The molecule has 20 heavy (non-hydrogen) atoms. The zero-order chi connectivity index (χ0) is 16.6. The zero-order valence-corrected chi connectivity index (χ0v) is 15.9. The average Bonchev–Trinajstić information content (AvgIpc) is 2.40. The standard InChI is InChI=1S/C7H9P.C6H14.C3H6O.C2H6/c1-6-3-2-4-7(8)5-6;1-4-6(3)5-2;1-3(2)4;1-2/h2-5H,8H2,1H3;6H,4-5H2,1-3H3;1-2H3;1-2H3. The summed E-state index contributed by atoms with van der Waals surface area (Å²) in [6.07, 6.45) is 2.66. The Balaban J connectivity index is -0.000000215. The Kier molecular flexibility index (Phi) is 22.3. The summed E-state index contributed by atoms with van der Waals surface area (Å²) in [7, 11) is 2.66. The summed E-state index contributed by atoms with van der Waals surface area (Å²) in [6, 6.07) is 8.34. The number of hydrogen-bond acceptors (Lipinski definition) is 1. The predicted molar refractivity (Wildman–Crippen MR) is 98.0 cm³/mol. The number of carbonyl (C=O) groups is 1. The lowest BCUT2D eigenvalue weighted by atomic mass is 10.1. The number of rotatable bonds is 2. The number of Topliss-reactive ketones (excluding diaryl/α,β-unsaturated/α-hetero) is 1. The van der Waals surface area contributed by atoms with E-state index in [0.717, 1.165) is 5.92 Å². The molecule has 1 unspecified atom stereocenters. The van der Waals surface area contributed by atoms with Crippen molar-refractivity contribution < 1.29 is 4.79 Å². The Hall–Kier alpha value is -0.680. The summed E-state index contributed by atoms with van der Waals surface area (Å²) in [5, 5.41) is 1.25. The van der Waals surface area contributed by atoms with Crippen molar-refractivity contribution in [2.75, 3.05) is 0 Å². The summed E-state index contributed by atoms with van der Waals surface area (Å²) in [4.78, 5) is 9.44. The average molecular weight is 298 g/mol. The van der Waals surface area contributed by atoms with Crippen LogP contribution in [-0.2, 0) is 4.79 Å². The van der Waals surface area contributed by atoms with E-state index in [2.05, 4.69) is 61.2 Å². The van der Waals surface area contributed by atoms with Gasteiger partial charge in [0.1, 0.15) is 5.78 Å². The molecule has 0 amide bonds. The normalized spacial score (nSPS) is 8.30. The first-order valence-corrected chi connectivity index (χ1v) is 8.20. The summed E-state index contributed by atoms with van der Waals surface area (Å²) in [5.74, 6) is 1.10. The first-order valence-electron chi connectivity index (χ1n) is 7.62. The van der Waals surface area contributed by atoms with Crippen LogP contribution in [0.1, 0.15) is 66.9 Å². The Morgan fingerprint density at radius 2 is 1.55 bits per heavy atom. The van der Waals surface area contributed by atoms with E-state index in [1.54, 1.807) is 0 Å². The summed E-state index contributed by atoms with van der Waals surface area (Å²) in [5.41, 5.74) is 1.32. The second-order valence-corrected chi connectivity index (χ2v) is 5.41. The van der Waals surface area contributed by atoms with Gasteiger partial charge in [0.05, 0.1) is 0 Å². The van der Waals surface area contributed by atoms with Gasteiger partial charge in [0.15, 0.2) is 0 Å². The molecule has 1 aromatic rings. The predicted octanol–water partition coefficient (Wildman–Crippen LogP) is 5.56. The smallest absolute Gasteiger partial charge is 0.126 e. The molecule has 0 aliphatic heterocycles. The van der Waals surface area contributed by atoms with Crippen LogP contribution in [0.3, 0.4) is 0 Å². The fraction of sp³-hybridized carbons (Fsp3) is 0.611. The highest BCUT2D eigenvalue weighted by atomic mass is 31.0. The van der Waals surface area contributed by atoms with Crippen LogP contribution in [0.25, 0.3) is 0 Å². The van der Waals surface area contributed by atoms with Crippen molar-refractivity contribution in [1.29, 1.82) is 0 Å². The van der Waals surface area contributed by atoms with Crippen molar-refractivity contribution in [3.05, 3.63) is 29.8 Å². The lowest BCUT2D eigenvalue weighted by Crippen LogP contribution is -1.87. The van der Waals surface area contributed by atoms with E-state index in [4.69, 9.17) is 0 Å². The lowest BCUT2D eigenvalue weighted by molar-refractivity contribution is -0.114. The Bertz CT molecular complexity index is 296. The number of ketones is 1. The molecule has 0 heterocycles. The zero-order valence-electron chi connectivity index (χ0n) is 14.8. The van der Waals surface area contributed by atoms with Crippen LogP contribution in [0.2, 0.25) is 0 Å². The van der Waals surface area contributed by atoms with Gasteiger partial charge in [0.2, 0.25) is 0 Å². The van der Waals surface area contributed by atoms with E-state index in [0.29, 0.717) is 0 Å². The lowest BCUT2D eigenvalue weighted by Gasteiger charge is -1.98. The molecule has 1 rings (SSSR count). The molecule has 0 aliphatic carbocycles. The minimum Gasteiger partial charge on any atom is -0.300 e. The van der Waals surface area contributed by atoms with Gasteiger partial charge in [0, 0.05) is 0 Å². The molecule has 0 saturated heterocycles. The number of aryl methyl sites for hydroxylation is 1. The van der Waals surface area contributed by atoms with Crippen molar-refractivity contribution in [3.8, 4) is 0 Å². The Morgan fingerprint density at radius 3 is 1.70 bits per heavy atom. The largest absolute Gasteiger partial charge is 0.300 e. The molecule has 1 atom stereocenters. The minimum absolute atomic E-state index is 0.167. The van der Waals surface area contributed by atoms with Crippen LogP contribution in [0.15, 0.2) is 24.3 Å². The van der Waals surface area contributed by atoms with Crippen LogP contribution in [0.4, 0.5) is 0 Å². The molecule has 0 spiro atoms. The molecule has 2 heteroatoms. The van der Waals surface area contributed by atoms with E-state index >= 15 is 0 Å². The van der Waals surface area contributed by atoms with Gasteiger partial charge in [-0.1, -0.05) is 77.3 Å². The van der Waals surface area contributed by atoms with Crippen LogP contribution in [0, 0.1) is 12.8 Å². The quantitative estimate of drug-likeness (QED) is 0.653. The third kappa shape index (κ3) is 26.0. The molecule has 1 aromatic carbocycles. The Morgan fingerprint density at radius 1 is 1.15 bits per heavy atom. The van der Waals surface area contributed by atoms with Gasteiger partial charge < -0.3 is 4.79 Å². The van der Waals surface area contributed by atoms with Crippen molar-refractivity contribution in [3.63, 3.8) is 0 Å². The highest BCUT2D eigenvalue weighted by Gasteiger charge is 1.88. The molecule has 0 N–H and O–H groups in total. The van der Waals surface area contributed by atoms with Crippen LogP contribution in [0.5, 0.6) is 0 Å². The van der Waals surface area contributed by atoms with Crippen molar-refractivity contribution >= 4 is 20.3 Å². The van der Waals surface area contributed by atoms with Crippen molar-refractivity contribution in [2.45, 2.75) is 68.2 Å². The molecule has 0 aliphatic rings. The maximum Gasteiger partial charge on any atom is 0.126 e. The van der Waals surface area contributed by atoms with E-state index in [1.807, 2.05) is 13.8 Å². The molecular formula is C18H35OP. The third-order valence-electron chi connectivity index (χ3n) is 2.44. The molecule has 0 fully saturated rings. The van der Waals surface area contributed by atoms with E-state index in [1.165, 1.54) is 37.6 Å². The second-order valence-electron chi connectivity index (χ2n) is 4.74. The van der Waals surface area contributed by atoms with Crippen LogP contribution >= 0.6 is 9.24 Å². The molecule has 0 saturated carbocycles. The molecule has 118 valence electrons. The third-order valence-corrected chi connectivity index (χ3v) is 2.80. The van der Waals surface area contributed by atoms with Gasteiger partial charge in [-0.2, -0.15) is 0 Å². The highest BCUT2D eigenvalue weighted by molar-refractivity contribution is 7.27. The molecule has 1 nitrogen and oxygen atoms in total. The maximum atomic E-state index is 9.44. The topological polar surface area (TPSA) is 17.1 Å². The number of hydrogen-bond donors (Lipinski definition) is 0. The van der Waals surface area contributed by atoms with Gasteiger partial charge in [-0.25, -0.2) is 0 Å². The van der Waals surface area contributed by atoms with Gasteiger partial charge in [-0.15, -0.1) is 9.24 Å². The van der Waals surface area contributed by atoms with E-state index in [9.17, 15) is 4.79 Å². The molecule has 0 radical (unpaired) electrons. The second kappa shape index (κ2) is 18.3. The molecular weight excluding hydrogens is 263 g/mol. The van der Waals surface area contributed by atoms with Crippen LogP contribution < -0.4 is 5.30 Å². The van der Waals surface area contributed by atoms with Gasteiger partial charge >= 0.3 is 0 Å². The monoisotopic (exact) mass is 298 g/mol. The van der Waals surface area contributed by atoms with Crippen LogP contribution in [-0.4, -0.2) is 5.78 Å². The molecule has 0 aromatic heterocycles. The van der Waals surface area contributed by atoms with Gasteiger partial charge in [-0.3, -0.25) is 0 Å². The van der Waals surface area contributed by atoms with Crippen molar-refractivity contribution in [1.82, 2.24) is 0 Å². The SMILES string of the molecule is CC.CC(C)=O.CCC(C)CC.Cc1cccc(P)c1.